The van der Waals surface area contributed by atoms with Crippen LogP contribution < -0.4 is 15.0 Å². The van der Waals surface area contributed by atoms with Crippen LogP contribution in [-0.4, -0.2) is 15.3 Å². The molecule has 0 radical (unpaired) electrons. The van der Waals surface area contributed by atoms with Crippen molar-refractivity contribution in [1.29, 1.82) is 0 Å². The molecule has 3 heterocycles. The van der Waals surface area contributed by atoms with Gasteiger partial charge in [-0.25, -0.2) is 13.8 Å². The molecule has 5 aromatic rings. The maximum atomic E-state index is 14.3. The smallest absolute Gasteiger partial charge is 0.275 e. The Morgan fingerprint density at radius 2 is 1.65 bits per heavy atom. The number of hydrogen-bond donors (Lipinski definition) is 0. The molecule has 0 spiro atoms. The lowest BCUT2D eigenvalue weighted by Crippen LogP contribution is -2.32. The third-order valence-corrected chi connectivity index (χ3v) is 6.60. The largest absolute Gasteiger partial charge is 0.303 e. The fraction of sp³-hybridized carbons (Fsp3) is 0.0417. The Balaban J connectivity index is 1.60. The normalized spacial score (nSPS) is 15.3. The summed E-state index contributed by atoms with van der Waals surface area (Å²) in [4.78, 5) is 33.5. The Hall–Kier alpha value is -3.84. The van der Waals surface area contributed by atoms with Crippen molar-refractivity contribution in [3.05, 3.63) is 105 Å². The van der Waals surface area contributed by atoms with E-state index in [-0.39, 0.29) is 23.8 Å². The van der Waals surface area contributed by atoms with Gasteiger partial charge in [-0.3, -0.25) is 9.59 Å². The molecule has 2 aromatic heterocycles. The van der Waals surface area contributed by atoms with E-state index in [0.29, 0.717) is 37.4 Å². The fourth-order valence-corrected chi connectivity index (χ4v) is 5.19. The molecule has 0 bridgehead atoms. The summed E-state index contributed by atoms with van der Waals surface area (Å²) in [5.41, 5.74) is 3.29. The quantitative estimate of drug-likeness (QED) is 0.433. The lowest BCUT2D eigenvalue weighted by molar-refractivity contribution is -0.113. The van der Waals surface area contributed by atoms with Crippen LogP contribution in [0.4, 0.5) is 10.1 Å². The zero-order valence-electron chi connectivity index (χ0n) is 16.1. The van der Waals surface area contributed by atoms with Crippen LogP contribution in [0.3, 0.4) is 0 Å². The van der Waals surface area contributed by atoms with Crippen molar-refractivity contribution >= 4 is 44.5 Å². The maximum Gasteiger partial charge on any atom is 0.275 e. The summed E-state index contributed by atoms with van der Waals surface area (Å²) in [6.07, 6.45) is 0. The van der Waals surface area contributed by atoms with E-state index < -0.39 is 0 Å². The van der Waals surface area contributed by atoms with Crippen LogP contribution in [0, 0.1) is 5.82 Å². The number of thiazole rings is 1. The molecule has 1 aliphatic rings. The van der Waals surface area contributed by atoms with Gasteiger partial charge in [0.15, 0.2) is 4.96 Å². The lowest BCUT2D eigenvalue weighted by Gasteiger charge is -2.17. The van der Waals surface area contributed by atoms with E-state index in [2.05, 4.69) is 4.98 Å². The van der Waals surface area contributed by atoms with Crippen LogP contribution in [0.5, 0.6) is 0 Å². The monoisotopic (exact) mass is 427 g/mol. The van der Waals surface area contributed by atoms with Gasteiger partial charge in [0, 0.05) is 11.1 Å². The van der Waals surface area contributed by atoms with E-state index in [9.17, 15) is 14.0 Å². The summed E-state index contributed by atoms with van der Waals surface area (Å²) in [6, 6.07) is 21.1. The second-order valence-electron chi connectivity index (χ2n) is 7.33. The number of imidazole rings is 1. The number of fused-ring (bicyclic) bond motifs is 4. The summed E-state index contributed by atoms with van der Waals surface area (Å²) in [6.45, 7) is 0.0889. The molecule has 5 nitrogen and oxygen atoms in total. The van der Waals surface area contributed by atoms with Crippen LogP contribution in [0.15, 0.2) is 77.6 Å². The Labute approximate surface area is 179 Å². The SMILES string of the molecule is O=C1/C(=c2\sc3nc4ccccc4n3c2=O)c2ccccc2N1Cc1ccccc1F. The van der Waals surface area contributed by atoms with Crippen molar-refractivity contribution in [3.8, 4) is 0 Å². The number of para-hydroxylation sites is 3. The predicted molar refractivity (Wildman–Crippen MR) is 119 cm³/mol. The molecule has 0 aliphatic carbocycles. The second kappa shape index (κ2) is 6.58. The van der Waals surface area contributed by atoms with E-state index in [1.54, 1.807) is 22.6 Å². The summed E-state index contributed by atoms with van der Waals surface area (Å²) >= 11 is 1.21. The number of nitrogens with zero attached hydrogens (tertiary/aromatic N) is 3. The molecule has 0 fully saturated rings. The maximum absolute atomic E-state index is 14.3. The lowest BCUT2D eigenvalue weighted by atomic mass is 10.1. The highest BCUT2D eigenvalue weighted by Crippen LogP contribution is 2.36. The molecule has 7 heteroatoms. The van der Waals surface area contributed by atoms with Gasteiger partial charge >= 0.3 is 0 Å². The van der Waals surface area contributed by atoms with Crippen LogP contribution in [-0.2, 0) is 11.3 Å². The van der Waals surface area contributed by atoms with Gasteiger partial charge in [-0.1, -0.05) is 59.9 Å². The molecule has 6 rings (SSSR count). The zero-order valence-corrected chi connectivity index (χ0v) is 16.9. The highest BCUT2D eigenvalue weighted by atomic mass is 32.1. The molecule has 0 saturated heterocycles. The van der Waals surface area contributed by atoms with Gasteiger partial charge in [-0.05, 0) is 24.3 Å². The third-order valence-electron chi connectivity index (χ3n) is 5.56. The van der Waals surface area contributed by atoms with Crippen LogP contribution in [0.1, 0.15) is 11.1 Å². The van der Waals surface area contributed by atoms with E-state index in [4.69, 9.17) is 0 Å². The Morgan fingerprint density at radius 1 is 0.903 bits per heavy atom. The van der Waals surface area contributed by atoms with Gasteiger partial charge < -0.3 is 4.90 Å². The van der Waals surface area contributed by atoms with Crippen molar-refractivity contribution in [1.82, 2.24) is 9.38 Å². The average Bonchev–Trinajstić information content (AvgIpc) is 3.39. The number of carbonyl (C=O) groups is 1. The van der Waals surface area contributed by atoms with E-state index >= 15 is 0 Å². The van der Waals surface area contributed by atoms with E-state index in [1.807, 2.05) is 48.5 Å². The summed E-state index contributed by atoms with van der Waals surface area (Å²) in [5.74, 6) is -0.679. The summed E-state index contributed by atoms with van der Waals surface area (Å²) < 4.78 is 16.2. The number of rotatable bonds is 2. The topological polar surface area (TPSA) is 54.7 Å². The Morgan fingerprint density at radius 3 is 2.52 bits per heavy atom. The van der Waals surface area contributed by atoms with Gasteiger partial charge in [0.05, 0.1) is 28.8 Å². The van der Waals surface area contributed by atoms with Gasteiger partial charge in [-0.2, -0.15) is 0 Å². The highest BCUT2D eigenvalue weighted by molar-refractivity contribution is 7.15. The van der Waals surface area contributed by atoms with Crippen molar-refractivity contribution < 1.29 is 9.18 Å². The third kappa shape index (κ3) is 2.56. The predicted octanol–water partition coefficient (Wildman–Crippen LogP) is 3.51. The van der Waals surface area contributed by atoms with Crippen LogP contribution in [0.2, 0.25) is 0 Å². The highest BCUT2D eigenvalue weighted by Gasteiger charge is 2.34. The Bertz CT molecular complexity index is 1640. The summed E-state index contributed by atoms with van der Waals surface area (Å²) in [5, 5.41) is 0. The van der Waals surface area contributed by atoms with Crippen molar-refractivity contribution in [2.24, 2.45) is 0 Å². The molecule has 150 valence electrons. The standard InChI is InChI=1S/C24H14FN3O2S/c25-16-9-3-1-7-14(16)13-27-18-11-5-2-8-15(18)20(22(27)29)21-23(30)28-19-12-6-4-10-17(19)26-24(28)31-21/h1-12H,13H2/b21-20-. The van der Waals surface area contributed by atoms with Gasteiger partial charge in [0.25, 0.3) is 11.5 Å². The second-order valence-corrected chi connectivity index (χ2v) is 8.31. The number of halogens is 1. The first kappa shape index (κ1) is 18.0. The molecule has 31 heavy (non-hydrogen) atoms. The number of amides is 1. The Kier molecular flexibility index (Phi) is 3.82. The average molecular weight is 427 g/mol. The molecule has 1 amide bonds. The number of hydrogen-bond acceptors (Lipinski definition) is 4. The molecule has 0 atom stereocenters. The van der Waals surface area contributed by atoms with Gasteiger partial charge in [0.1, 0.15) is 10.3 Å². The van der Waals surface area contributed by atoms with Crippen molar-refractivity contribution in [2.75, 3.05) is 4.90 Å². The van der Waals surface area contributed by atoms with Crippen molar-refractivity contribution in [3.63, 3.8) is 0 Å². The van der Waals surface area contributed by atoms with Crippen molar-refractivity contribution in [2.45, 2.75) is 6.54 Å². The van der Waals surface area contributed by atoms with Crippen LogP contribution >= 0.6 is 11.3 Å². The minimum atomic E-state index is -0.369. The number of aromatic nitrogens is 2. The van der Waals surface area contributed by atoms with E-state index in [0.717, 1.165) is 5.52 Å². The first-order valence-electron chi connectivity index (χ1n) is 9.72. The zero-order chi connectivity index (χ0) is 21.1. The number of benzene rings is 3. The molecule has 0 unspecified atom stereocenters. The minimum absolute atomic E-state index is 0.0889. The molecule has 1 aliphatic heterocycles. The minimum Gasteiger partial charge on any atom is -0.303 e. The van der Waals surface area contributed by atoms with Gasteiger partial charge in [0.2, 0.25) is 0 Å². The van der Waals surface area contributed by atoms with E-state index in [1.165, 1.54) is 22.3 Å². The molecule has 3 aromatic carbocycles. The first-order valence-corrected chi connectivity index (χ1v) is 10.5. The molecule has 0 saturated carbocycles. The molecular weight excluding hydrogens is 413 g/mol. The van der Waals surface area contributed by atoms with Gasteiger partial charge in [-0.15, -0.1) is 0 Å². The van der Waals surface area contributed by atoms with Crippen LogP contribution in [0.25, 0.3) is 21.6 Å². The number of anilines is 1. The molecular formula is C24H14FN3O2S. The number of carbonyl (C=O) groups excluding carboxylic acids is 1. The fourth-order valence-electron chi connectivity index (χ4n) is 4.12. The first-order chi connectivity index (χ1) is 15.1. The molecule has 0 N–H and O–H groups in total. The summed E-state index contributed by atoms with van der Waals surface area (Å²) in [7, 11) is 0.